The number of aliphatic imine (C=N–C) groups is 1. The molecule has 0 aromatic rings. The number of nitrogens with zero attached hydrogens (tertiary/aromatic N) is 2. The van der Waals surface area contributed by atoms with Crippen LogP contribution in [0, 0.1) is 5.92 Å². The third kappa shape index (κ3) is 17.6. The molecule has 5 heteroatoms. The molecule has 2 N–H and O–H groups in total. The summed E-state index contributed by atoms with van der Waals surface area (Å²) in [5.41, 5.74) is 7.58. The molecule has 0 aliphatic carbocycles. The summed E-state index contributed by atoms with van der Waals surface area (Å²) in [6.45, 7) is 26.5. The van der Waals surface area contributed by atoms with Crippen LogP contribution >= 0.6 is 0 Å². The predicted octanol–water partition coefficient (Wildman–Crippen LogP) is 9.82. The highest BCUT2D eigenvalue weighted by Crippen LogP contribution is 2.34. The Bertz CT molecular complexity index is 931. The molecule has 2 rings (SSSR count). The molecule has 2 atom stereocenters. The minimum Gasteiger partial charge on any atom is -0.388 e. The van der Waals surface area contributed by atoms with Gasteiger partial charge in [0.05, 0.1) is 6.04 Å². The molecule has 2 aliphatic heterocycles. The minimum absolute atomic E-state index is 0.0295. The van der Waals surface area contributed by atoms with Crippen LogP contribution in [0.3, 0.4) is 0 Å². The smallest absolute Gasteiger partial charge is 0.238 e. The molecule has 238 valence electrons. The van der Waals surface area contributed by atoms with E-state index in [-0.39, 0.29) is 17.9 Å². The highest BCUT2D eigenvalue weighted by molar-refractivity contribution is 5.77. The van der Waals surface area contributed by atoms with E-state index in [4.69, 9.17) is 0 Å². The fraction of sp³-hybridized carbons (Fsp3) is 0.514. The highest BCUT2D eigenvalue weighted by atomic mass is 16.2. The van der Waals surface area contributed by atoms with Crippen LogP contribution in [0.2, 0.25) is 0 Å². The monoisotopic (exact) mass is 581 g/mol. The van der Waals surface area contributed by atoms with Crippen LogP contribution in [-0.4, -0.2) is 37.3 Å². The zero-order chi connectivity index (χ0) is 32.8. The molecule has 0 bridgehead atoms. The van der Waals surface area contributed by atoms with Gasteiger partial charge in [-0.25, -0.2) is 5.01 Å². The van der Waals surface area contributed by atoms with E-state index in [1.54, 1.807) is 0 Å². The van der Waals surface area contributed by atoms with Crippen molar-refractivity contribution in [3.8, 4) is 0 Å². The standard InChI is InChI=1S/C29H40N4O.4C2H6/c1-6-8-9-11-16-25(7-2)26(22-24-15-14-20-31-21-19-24)29-23(3)27(30-4)17-12-10-13-18-28(34)32-33(29)5;4*1-2/h6,9-11,13,15-17,19-21,26,29-30H,1,3,7-8,12,14,18,22H2,2,4-5H3,(H,32,34);4*1-2H3/b11-9-,13-10-,25-16+,27-17?;;;;. The molecule has 0 aromatic carbocycles. The van der Waals surface area contributed by atoms with Crippen LogP contribution in [0.25, 0.3) is 0 Å². The van der Waals surface area contributed by atoms with Crippen molar-refractivity contribution in [2.24, 2.45) is 10.9 Å². The molecule has 0 radical (unpaired) electrons. The number of amides is 1. The first-order valence-electron chi connectivity index (χ1n) is 16.1. The molecule has 5 nitrogen and oxygen atoms in total. The molecule has 0 saturated heterocycles. The second kappa shape index (κ2) is 30.8. The number of hydrogen-bond acceptors (Lipinski definition) is 4. The number of allylic oxidation sites excluding steroid dienone is 9. The molecule has 0 spiro atoms. The Kier molecular flexibility index (Phi) is 31.7. The number of rotatable bonds is 9. The van der Waals surface area contributed by atoms with Crippen molar-refractivity contribution in [2.45, 2.75) is 107 Å². The van der Waals surface area contributed by atoms with E-state index in [1.165, 1.54) is 11.1 Å². The van der Waals surface area contributed by atoms with Crippen molar-refractivity contribution >= 4 is 12.1 Å². The first-order valence-corrected chi connectivity index (χ1v) is 16.1. The first kappa shape index (κ1) is 43.3. The number of carbonyl (C=O) groups excluding carboxylic acids is 1. The third-order valence-corrected chi connectivity index (χ3v) is 6.05. The molecule has 0 aromatic heterocycles. The van der Waals surface area contributed by atoms with Gasteiger partial charge >= 0.3 is 0 Å². The van der Waals surface area contributed by atoms with E-state index >= 15 is 0 Å². The SMILES string of the molecule is C=CC/C=C\C=C(/CC)C(CC1=CCC=NC=C1)C1C(=C)C(NC)=CC/C=C\CC(=O)NN1C.CC.CC.CC.CC. The number of hydrazine groups is 1. The lowest BCUT2D eigenvalue weighted by molar-refractivity contribution is -0.125. The summed E-state index contributed by atoms with van der Waals surface area (Å²) in [6, 6.07) is -0.141. The zero-order valence-corrected chi connectivity index (χ0v) is 29.0. The van der Waals surface area contributed by atoms with Gasteiger partial charge in [-0.1, -0.05) is 123 Å². The Balaban J connectivity index is -0.00000175. The number of likely N-dealkylation sites (N-methyl/N-ethyl adjacent to an activating group) is 2. The van der Waals surface area contributed by atoms with Crippen molar-refractivity contribution in [3.63, 3.8) is 0 Å². The van der Waals surface area contributed by atoms with Gasteiger partial charge in [0.1, 0.15) is 0 Å². The number of nitrogens with one attached hydrogen (secondary N) is 2. The zero-order valence-electron chi connectivity index (χ0n) is 29.0. The highest BCUT2D eigenvalue weighted by Gasteiger charge is 2.32. The van der Waals surface area contributed by atoms with Gasteiger partial charge in [0.2, 0.25) is 5.91 Å². The molecular formula is C37H64N4O. The van der Waals surface area contributed by atoms with E-state index in [2.05, 4.69) is 72.3 Å². The Labute approximate surface area is 260 Å². The maximum Gasteiger partial charge on any atom is 0.238 e. The van der Waals surface area contributed by atoms with Gasteiger partial charge in [0, 0.05) is 51.0 Å². The van der Waals surface area contributed by atoms with E-state index in [0.29, 0.717) is 6.42 Å². The van der Waals surface area contributed by atoms with Crippen LogP contribution in [0.15, 0.2) is 101 Å². The topological polar surface area (TPSA) is 56.7 Å². The van der Waals surface area contributed by atoms with E-state index < -0.39 is 0 Å². The fourth-order valence-electron chi connectivity index (χ4n) is 4.34. The average molecular weight is 581 g/mol. The van der Waals surface area contributed by atoms with Crippen molar-refractivity contribution in [1.82, 2.24) is 15.8 Å². The fourth-order valence-corrected chi connectivity index (χ4v) is 4.34. The largest absolute Gasteiger partial charge is 0.388 e. The summed E-state index contributed by atoms with van der Waals surface area (Å²) in [5.74, 6) is 0.0636. The van der Waals surface area contributed by atoms with Crippen LogP contribution in [0.5, 0.6) is 0 Å². The molecule has 42 heavy (non-hydrogen) atoms. The minimum atomic E-state index is -0.141. The molecule has 2 aliphatic rings. The van der Waals surface area contributed by atoms with Gasteiger partial charge in [0.25, 0.3) is 0 Å². The first-order chi connectivity index (χ1) is 20.5. The molecule has 0 saturated carbocycles. The normalized spacial score (nSPS) is 18.6. The van der Waals surface area contributed by atoms with Crippen LogP contribution in [0.4, 0.5) is 0 Å². The van der Waals surface area contributed by atoms with Crippen molar-refractivity contribution in [1.29, 1.82) is 0 Å². The lowest BCUT2D eigenvalue weighted by Gasteiger charge is -2.38. The Morgan fingerprint density at radius 2 is 1.79 bits per heavy atom. The van der Waals surface area contributed by atoms with Gasteiger partial charge in [0.15, 0.2) is 0 Å². The predicted molar refractivity (Wildman–Crippen MR) is 191 cm³/mol. The summed E-state index contributed by atoms with van der Waals surface area (Å²) in [4.78, 5) is 16.9. The molecular weight excluding hydrogens is 516 g/mol. The Morgan fingerprint density at radius 1 is 1.12 bits per heavy atom. The Morgan fingerprint density at radius 3 is 2.38 bits per heavy atom. The molecule has 2 heterocycles. The van der Waals surface area contributed by atoms with E-state index in [0.717, 1.165) is 43.4 Å². The van der Waals surface area contributed by atoms with Crippen molar-refractivity contribution in [3.05, 3.63) is 96.5 Å². The third-order valence-electron chi connectivity index (χ3n) is 6.05. The molecule has 1 amide bonds. The van der Waals surface area contributed by atoms with Gasteiger partial charge in [-0.15, -0.1) is 6.58 Å². The average Bonchev–Trinajstić information content (AvgIpc) is 3.32. The van der Waals surface area contributed by atoms with E-state index in [9.17, 15) is 4.79 Å². The summed E-state index contributed by atoms with van der Waals surface area (Å²) in [5, 5.41) is 5.27. The van der Waals surface area contributed by atoms with Gasteiger partial charge in [-0.2, -0.15) is 0 Å². The maximum atomic E-state index is 12.6. The maximum absolute atomic E-state index is 12.6. The second-order valence-electron chi connectivity index (χ2n) is 8.42. The van der Waals surface area contributed by atoms with Gasteiger partial charge < -0.3 is 5.32 Å². The van der Waals surface area contributed by atoms with Crippen LogP contribution in [0.1, 0.15) is 101 Å². The van der Waals surface area contributed by atoms with Crippen molar-refractivity contribution < 1.29 is 4.79 Å². The molecule has 2 unspecified atom stereocenters. The Hall–Kier alpha value is -3.18. The van der Waals surface area contributed by atoms with Crippen molar-refractivity contribution in [2.75, 3.05) is 14.1 Å². The summed E-state index contributed by atoms with van der Waals surface area (Å²) < 4.78 is 0. The van der Waals surface area contributed by atoms with Gasteiger partial charge in [-0.05, 0) is 42.9 Å². The summed E-state index contributed by atoms with van der Waals surface area (Å²) >= 11 is 0. The lowest BCUT2D eigenvalue weighted by atomic mass is 9.79. The van der Waals surface area contributed by atoms with Crippen LogP contribution < -0.4 is 10.7 Å². The van der Waals surface area contributed by atoms with Crippen LogP contribution in [-0.2, 0) is 4.79 Å². The number of carbonyl (C=O) groups is 1. The molecule has 0 fully saturated rings. The lowest BCUT2D eigenvalue weighted by Crippen LogP contribution is -2.50. The van der Waals surface area contributed by atoms with Gasteiger partial charge in [-0.3, -0.25) is 15.2 Å². The second-order valence-corrected chi connectivity index (χ2v) is 8.42. The summed E-state index contributed by atoms with van der Waals surface area (Å²) in [7, 11) is 3.87. The number of hydrogen-bond donors (Lipinski definition) is 2. The quantitative estimate of drug-likeness (QED) is 0.211. The summed E-state index contributed by atoms with van der Waals surface area (Å²) in [6.07, 6.45) is 26.9. The van der Waals surface area contributed by atoms with E-state index in [1.807, 2.05) is 105 Å².